The molecule has 2 heterocycles. The molecule has 0 atom stereocenters. The van der Waals surface area contributed by atoms with Crippen LogP contribution in [0, 0.1) is 0 Å². The average Bonchev–Trinajstić information content (AvgIpc) is 3.15. The number of hydrogen-bond acceptors (Lipinski definition) is 6. The minimum Gasteiger partial charge on any atom is -0.497 e. The second-order valence-corrected chi connectivity index (χ2v) is 6.18. The number of carbonyl (C=O) groups is 1. The number of nitrogens with one attached hydrogen (secondary N) is 3. The van der Waals surface area contributed by atoms with Gasteiger partial charge in [-0.3, -0.25) is 9.78 Å². The van der Waals surface area contributed by atoms with Gasteiger partial charge in [-0.25, -0.2) is 4.98 Å². The van der Waals surface area contributed by atoms with Crippen LogP contribution in [0.2, 0.25) is 0 Å². The molecule has 0 saturated carbocycles. The molecule has 146 valence electrons. The molecule has 29 heavy (non-hydrogen) atoms. The van der Waals surface area contributed by atoms with Crippen molar-refractivity contribution in [1.82, 2.24) is 20.3 Å². The number of fused-ring (bicyclic) bond motifs is 1. The van der Waals surface area contributed by atoms with Crippen molar-refractivity contribution in [3.8, 4) is 17.2 Å². The molecule has 0 fully saturated rings. The number of aromatic nitrogens is 3. The number of pyridine rings is 1. The highest BCUT2D eigenvalue weighted by atomic mass is 16.5. The topological polar surface area (TPSA) is 101 Å². The van der Waals surface area contributed by atoms with E-state index in [0.29, 0.717) is 23.1 Å². The number of benzene rings is 2. The molecule has 0 spiro atoms. The van der Waals surface area contributed by atoms with Gasteiger partial charge < -0.3 is 25.1 Å². The highest BCUT2D eigenvalue weighted by Gasteiger charge is 2.09. The van der Waals surface area contributed by atoms with Crippen molar-refractivity contribution in [3.05, 3.63) is 66.5 Å². The number of rotatable bonds is 6. The van der Waals surface area contributed by atoms with E-state index < -0.39 is 0 Å². The van der Waals surface area contributed by atoms with Crippen LogP contribution in [-0.2, 0) is 0 Å². The lowest BCUT2D eigenvalue weighted by atomic mass is 10.3. The molecule has 0 bridgehead atoms. The summed E-state index contributed by atoms with van der Waals surface area (Å²) < 4.78 is 11.0. The Morgan fingerprint density at radius 3 is 2.52 bits per heavy atom. The number of imidazole rings is 1. The lowest BCUT2D eigenvalue weighted by Crippen LogP contribution is -2.18. The lowest BCUT2D eigenvalue weighted by molar-refractivity contribution is 0.0958. The molecule has 3 N–H and O–H groups in total. The van der Waals surface area contributed by atoms with Crippen molar-refractivity contribution in [3.63, 3.8) is 0 Å². The molecule has 0 unspecified atom stereocenters. The first-order valence-electron chi connectivity index (χ1n) is 8.91. The summed E-state index contributed by atoms with van der Waals surface area (Å²) in [5.41, 5.74) is 2.80. The third-order valence-corrected chi connectivity index (χ3v) is 4.23. The van der Waals surface area contributed by atoms with Gasteiger partial charge in [0.25, 0.3) is 5.91 Å². The summed E-state index contributed by atoms with van der Waals surface area (Å²) in [6.07, 6.45) is 1.53. The van der Waals surface area contributed by atoms with Gasteiger partial charge in [0.05, 0.1) is 18.1 Å². The highest BCUT2D eigenvalue weighted by molar-refractivity contribution is 5.92. The molecule has 2 aromatic carbocycles. The Morgan fingerprint density at radius 1 is 1.00 bits per heavy atom. The number of anilines is 2. The summed E-state index contributed by atoms with van der Waals surface area (Å²) in [6.45, 7) is 0. The van der Waals surface area contributed by atoms with Crippen LogP contribution in [0.5, 0.6) is 17.2 Å². The first kappa shape index (κ1) is 18.3. The normalized spacial score (nSPS) is 10.6. The van der Waals surface area contributed by atoms with Crippen LogP contribution in [0.25, 0.3) is 11.0 Å². The Morgan fingerprint density at radius 2 is 1.76 bits per heavy atom. The van der Waals surface area contributed by atoms with Crippen LogP contribution in [-0.4, -0.2) is 35.0 Å². The van der Waals surface area contributed by atoms with Gasteiger partial charge in [0, 0.05) is 31.1 Å². The maximum absolute atomic E-state index is 11.7. The third-order valence-electron chi connectivity index (χ3n) is 4.23. The number of nitrogens with zero attached hydrogens (tertiary/aromatic N) is 2. The van der Waals surface area contributed by atoms with Crippen LogP contribution in [0.3, 0.4) is 0 Å². The molecule has 0 radical (unpaired) electrons. The van der Waals surface area contributed by atoms with E-state index in [-0.39, 0.29) is 5.91 Å². The fourth-order valence-electron chi connectivity index (χ4n) is 2.79. The van der Waals surface area contributed by atoms with Crippen LogP contribution >= 0.6 is 0 Å². The summed E-state index contributed by atoms with van der Waals surface area (Å²) in [6, 6.07) is 16.4. The van der Waals surface area contributed by atoms with Crippen LogP contribution < -0.4 is 20.1 Å². The van der Waals surface area contributed by atoms with Crippen molar-refractivity contribution in [2.24, 2.45) is 0 Å². The summed E-state index contributed by atoms with van der Waals surface area (Å²) in [7, 11) is 3.19. The first-order chi connectivity index (χ1) is 14.1. The van der Waals surface area contributed by atoms with Crippen molar-refractivity contribution >= 4 is 28.6 Å². The standard InChI is InChI=1S/C21H19N5O3/c1-22-20(27)19-12-16(9-10-23-19)29-15-7-8-17-18(11-15)26-21(25-17)24-13-3-5-14(28-2)6-4-13/h3-12H,1-2H3,(H,22,27)(H2,24,25,26). The van der Waals surface area contributed by atoms with E-state index in [1.54, 1.807) is 26.3 Å². The lowest BCUT2D eigenvalue weighted by Gasteiger charge is -2.06. The van der Waals surface area contributed by atoms with Crippen LogP contribution in [0.4, 0.5) is 11.6 Å². The largest absolute Gasteiger partial charge is 0.497 e. The molecule has 4 rings (SSSR count). The van der Waals surface area contributed by atoms with E-state index in [0.717, 1.165) is 22.5 Å². The van der Waals surface area contributed by atoms with E-state index >= 15 is 0 Å². The molecule has 8 heteroatoms. The monoisotopic (exact) mass is 389 g/mol. The summed E-state index contributed by atoms with van der Waals surface area (Å²) in [5, 5.41) is 5.77. The van der Waals surface area contributed by atoms with E-state index in [9.17, 15) is 4.79 Å². The summed E-state index contributed by atoms with van der Waals surface area (Å²) >= 11 is 0. The second-order valence-electron chi connectivity index (χ2n) is 6.18. The number of hydrogen-bond donors (Lipinski definition) is 3. The fraction of sp³-hybridized carbons (Fsp3) is 0.0952. The van der Waals surface area contributed by atoms with Crippen molar-refractivity contribution in [2.75, 3.05) is 19.5 Å². The average molecular weight is 389 g/mol. The number of amides is 1. The molecule has 2 aromatic heterocycles. The SMILES string of the molecule is CNC(=O)c1cc(Oc2ccc3nc(Nc4ccc(OC)cc4)[nH]c3c2)ccn1. The highest BCUT2D eigenvalue weighted by Crippen LogP contribution is 2.27. The van der Waals surface area contributed by atoms with Gasteiger partial charge in [-0.15, -0.1) is 0 Å². The Labute approximate surface area is 166 Å². The zero-order chi connectivity index (χ0) is 20.2. The Kier molecular flexibility index (Phi) is 4.98. The molecular formula is C21H19N5O3. The predicted octanol–water partition coefficient (Wildman–Crippen LogP) is 3.86. The van der Waals surface area contributed by atoms with Gasteiger partial charge in [0.2, 0.25) is 5.95 Å². The van der Waals surface area contributed by atoms with Crippen molar-refractivity contribution in [2.45, 2.75) is 0 Å². The van der Waals surface area contributed by atoms with Gasteiger partial charge in [-0.2, -0.15) is 0 Å². The number of methoxy groups -OCH3 is 1. The summed E-state index contributed by atoms with van der Waals surface area (Å²) in [5.74, 6) is 2.28. The number of H-pyrrole nitrogens is 1. The molecule has 0 aliphatic carbocycles. The first-order valence-corrected chi connectivity index (χ1v) is 8.91. The van der Waals surface area contributed by atoms with Gasteiger partial charge in [0.15, 0.2) is 0 Å². The molecule has 4 aromatic rings. The minimum absolute atomic E-state index is 0.270. The van der Waals surface area contributed by atoms with Crippen LogP contribution in [0.15, 0.2) is 60.8 Å². The quantitative estimate of drug-likeness (QED) is 0.463. The Bertz CT molecular complexity index is 1150. The van der Waals surface area contributed by atoms with E-state index in [2.05, 4.69) is 25.6 Å². The molecule has 0 aliphatic heterocycles. The zero-order valence-electron chi connectivity index (χ0n) is 15.9. The van der Waals surface area contributed by atoms with E-state index in [1.165, 1.54) is 6.20 Å². The van der Waals surface area contributed by atoms with Gasteiger partial charge in [0.1, 0.15) is 22.9 Å². The molecule has 8 nitrogen and oxygen atoms in total. The number of carbonyl (C=O) groups excluding carboxylic acids is 1. The Balaban J connectivity index is 1.53. The molecule has 0 saturated heterocycles. The summed E-state index contributed by atoms with van der Waals surface area (Å²) in [4.78, 5) is 23.5. The maximum Gasteiger partial charge on any atom is 0.269 e. The number of aromatic amines is 1. The molecule has 1 amide bonds. The van der Waals surface area contributed by atoms with Crippen molar-refractivity contribution in [1.29, 1.82) is 0 Å². The van der Waals surface area contributed by atoms with Gasteiger partial charge >= 0.3 is 0 Å². The van der Waals surface area contributed by atoms with Gasteiger partial charge in [-0.05, 0) is 42.5 Å². The third kappa shape index (κ3) is 4.11. The van der Waals surface area contributed by atoms with E-state index in [1.807, 2.05) is 42.5 Å². The fourth-order valence-corrected chi connectivity index (χ4v) is 2.79. The maximum atomic E-state index is 11.7. The van der Waals surface area contributed by atoms with E-state index in [4.69, 9.17) is 9.47 Å². The van der Waals surface area contributed by atoms with Crippen molar-refractivity contribution < 1.29 is 14.3 Å². The second kappa shape index (κ2) is 7.89. The smallest absolute Gasteiger partial charge is 0.269 e. The number of ether oxygens (including phenoxy) is 2. The Hall–Kier alpha value is -4.07. The zero-order valence-corrected chi connectivity index (χ0v) is 15.9. The minimum atomic E-state index is -0.270. The molecular weight excluding hydrogens is 370 g/mol. The van der Waals surface area contributed by atoms with Crippen LogP contribution in [0.1, 0.15) is 10.5 Å². The molecule has 0 aliphatic rings. The predicted molar refractivity (Wildman–Crippen MR) is 110 cm³/mol. The van der Waals surface area contributed by atoms with Gasteiger partial charge in [-0.1, -0.05) is 0 Å².